The molecule has 0 spiro atoms. The van der Waals surface area contributed by atoms with Crippen LogP contribution in [0.4, 0.5) is 4.39 Å². The van der Waals surface area contributed by atoms with Gasteiger partial charge in [-0.15, -0.1) is 0 Å². The van der Waals surface area contributed by atoms with Crippen LogP contribution in [-0.4, -0.2) is 18.1 Å². The van der Waals surface area contributed by atoms with Crippen LogP contribution in [0.3, 0.4) is 0 Å². The lowest BCUT2D eigenvalue weighted by Crippen LogP contribution is -2.31. The maximum absolute atomic E-state index is 13.5. The second kappa shape index (κ2) is 7.49. The molecule has 0 saturated carbocycles. The smallest absolute Gasteiger partial charge is 0.327 e. The molecule has 3 rings (SSSR count). The fourth-order valence-corrected chi connectivity index (χ4v) is 2.84. The van der Waals surface area contributed by atoms with Crippen LogP contribution in [0.25, 0.3) is 10.9 Å². The van der Waals surface area contributed by atoms with Gasteiger partial charge in [-0.25, -0.2) is 9.18 Å². The number of pyridine rings is 1. The standard InChI is InChI=1S/C20H19FN2O3/c1-12-9-14(7-8-16(12)21)18(20(25)26-2)22-11-15-10-13-5-3-4-6-17(13)23-19(15)24/h3-10,18,22H,11H2,1-2H3,(H,23,24)/t18-/m1/s1. The molecule has 0 aliphatic rings. The molecule has 0 aliphatic heterocycles. The molecule has 2 N–H and O–H groups in total. The van der Waals surface area contributed by atoms with Gasteiger partial charge < -0.3 is 9.72 Å². The Morgan fingerprint density at radius 1 is 1.23 bits per heavy atom. The number of ether oxygens (including phenoxy) is 1. The van der Waals surface area contributed by atoms with Gasteiger partial charge in [0.15, 0.2) is 0 Å². The highest BCUT2D eigenvalue weighted by Gasteiger charge is 2.22. The highest BCUT2D eigenvalue weighted by Crippen LogP contribution is 2.19. The number of aromatic amines is 1. The van der Waals surface area contributed by atoms with E-state index >= 15 is 0 Å². The van der Waals surface area contributed by atoms with Gasteiger partial charge in [-0.2, -0.15) is 0 Å². The number of H-pyrrole nitrogens is 1. The molecule has 0 unspecified atom stereocenters. The van der Waals surface area contributed by atoms with Crippen molar-refractivity contribution in [3.05, 3.63) is 81.4 Å². The van der Waals surface area contributed by atoms with E-state index in [1.54, 1.807) is 19.1 Å². The molecule has 0 aliphatic carbocycles. The third kappa shape index (κ3) is 3.65. The van der Waals surface area contributed by atoms with Crippen LogP contribution >= 0.6 is 0 Å². The van der Waals surface area contributed by atoms with Gasteiger partial charge in [-0.05, 0) is 41.6 Å². The Morgan fingerprint density at radius 2 is 2.00 bits per heavy atom. The van der Waals surface area contributed by atoms with Crippen molar-refractivity contribution in [2.75, 3.05) is 7.11 Å². The number of carbonyl (C=O) groups is 1. The average Bonchev–Trinajstić information content (AvgIpc) is 2.64. The molecule has 1 aromatic heterocycles. The quantitative estimate of drug-likeness (QED) is 0.691. The molecule has 1 atom stereocenters. The molecule has 5 nitrogen and oxygen atoms in total. The van der Waals surface area contributed by atoms with E-state index in [1.807, 2.05) is 24.3 Å². The maximum Gasteiger partial charge on any atom is 0.327 e. The zero-order valence-electron chi connectivity index (χ0n) is 14.5. The van der Waals surface area contributed by atoms with Crippen molar-refractivity contribution in [2.24, 2.45) is 0 Å². The van der Waals surface area contributed by atoms with E-state index in [2.05, 4.69) is 10.3 Å². The van der Waals surface area contributed by atoms with E-state index in [4.69, 9.17) is 4.74 Å². The number of nitrogens with one attached hydrogen (secondary N) is 2. The number of esters is 1. The topological polar surface area (TPSA) is 71.2 Å². The van der Waals surface area contributed by atoms with Gasteiger partial charge in [0.2, 0.25) is 0 Å². The summed E-state index contributed by atoms with van der Waals surface area (Å²) < 4.78 is 18.4. The number of rotatable bonds is 5. The molecule has 134 valence electrons. The van der Waals surface area contributed by atoms with Gasteiger partial charge >= 0.3 is 5.97 Å². The molecule has 0 bridgehead atoms. The number of methoxy groups -OCH3 is 1. The van der Waals surface area contributed by atoms with Crippen molar-refractivity contribution in [2.45, 2.75) is 19.5 Å². The fourth-order valence-electron chi connectivity index (χ4n) is 2.84. The summed E-state index contributed by atoms with van der Waals surface area (Å²) in [5.74, 6) is -0.850. The Bertz CT molecular complexity index is 1010. The van der Waals surface area contributed by atoms with Crippen molar-refractivity contribution in [1.29, 1.82) is 0 Å². The third-order valence-corrected chi connectivity index (χ3v) is 4.28. The lowest BCUT2D eigenvalue weighted by Gasteiger charge is -2.17. The van der Waals surface area contributed by atoms with Crippen LogP contribution in [0.1, 0.15) is 22.7 Å². The summed E-state index contributed by atoms with van der Waals surface area (Å²) in [6.45, 7) is 1.79. The first-order chi connectivity index (χ1) is 12.5. The van der Waals surface area contributed by atoms with Crippen LogP contribution in [0, 0.1) is 12.7 Å². The summed E-state index contributed by atoms with van der Waals surface area (Å²) in [5, 5.41) is 3.94. The van der Waals surface area contributed by atoms with Gasteiger partial charge in [0.25, 0.3) is 5.56 Å². The number of fused-ring (bicyclic) bond motifs is 1. The number of aromatic nitrogens is 1. The van der Waals surface area contributed by atoms with Crippen LogP contribution in [0.15, 0.2) is 53.3 Å². The second-order valence-corrected chi connectivity index (χ2v) is 6.06. The van der Waals surface area contributed by atoms with Crippen LogP contribution in [0.5, 0.6) is 0 Å². The number of aryl methyl sites for hydroxylation is 1. The summed E-state index contributed by atoms with van der Waals surface area (Å²) in [6.07, 6.45) is 0. The molecule has 0 radical (unpaired) electrons. The Labute approximate surface area is 149 Å². The zero-order valence-corrected chi connectivity index (χ0v) is 14.5. The SMILES string of the molecule is COC(=O)[C@H](NCc1cc2ccccc2[nH]c1=O)c1ccc(F)c(C)c1. The molecule has 2 aromatic carbocycles. The monoisotopic (exact) mass is 354 g/mol. The van der Waals surface area contributed by atoms with E-state index in [1.165, 1.54) is 19.2 Å². The number of hydrogen-bond donors (Lipinski definition) is 2. The second-order valence-electron chi connectivity index (χ2n) is 6.06. The van der Waals surface area contributed by atoms with Crippen LogP contribution in [-0.2, 0) is 16.1 Å². The summed E-state index contributed by atoms with van der Waals surface area (Å²) in [6, 6.07) is 12.9. The number of halogens is 1. The minimum absolute atomic E-state index is 0.163. The number of para-hydroxylation sites is 1. The lowest BCUT2D eigenvalue weighted by atomic mass is 10.0. The Hall–Kier alpha value is -2.99. The summed E-state index contributed by atoms with van der Waals surface area (Å²) in [5.41, 5.74) is 2.03. The first-order valence-electron chi connectivity index (χ1n) is 8.18. The molecular weight excluding hydrogens is 335 g/mol. The predicted molar refractivity (Wildman–Crippen MR) is 97.3 cm³/mol. The fraction of sp³-hybridized carbons (Fsp3) is 0.200. The van der Waals surface area contributed by atoms with Crippen LogP contribution < -0.4 is 10.9 Å². The van der Waals surface area contributed by atoms with Crippen molar-refractivity contribution in [1.82, 2.24) is 10.3 Å². The summed E-state index contributed by atoms with van der Waals surface area (Å²) >= 11 is 0. The maximum atomic E-state index is 13.5. The minimum Gasteiger partial charge on any atom is -0.468 e. The van der Waals surface area contributed by atoms with Gasteiger partial charge in [0, 0.05) is 17.6 Å². The van der Waals surface area contributed by atoms with E-state index in [-0.39, 0.29) is 17.9 Å². The minimum atomic E-state index is -0.801. The van der Waals surface area contributed by atoms with E-state index in [9.17, 15) is 14.0 Å². The Balaban J connectivity index is 1.88. The van der Waals surface area contributed by atoms with Gasteiger partial charge in [-0.1, -0.05) is 30.3 Å². The molecule has 26 heavy (non-hydrogen) atoms. The first kappa shape index (κ1) is 17.8. The Kier molecular flexibility index (Phi) is 5.14. The molecule has 0 fully saturated rings. The normalized spacial score (nSPS) is 12.1. The van der Waals surface area contributed by atoms with Crippen molar-refractivity contribution in [3.8, 4) is 0 Å². The van der Waals surface area contributed by atoms with Crippen molar-refractivity contribution in [3.63, 3.8) is 0 Å². The number of carbonyl (C=O) groups excluding carboxylic acids is 1. The zero-order chi connectivity index (χ0) is 18.7. The molecule has 0 saturated heterocycles. The predicted octanol–water partition coefficient (Wildman–Crippen LogP) is 2.98. The first-order valence-corrected chi connectivity index (χ1v) is 8.18. The number of hydrogen-bond acceptors (Lipinski definition) is 4. The summed E-state index contributed by atoms with van der Waals surface area (Å²) in [7, 11) is 1.29. The largest absolute Gasteiger partial charge is 0.468 e. The lowest BCUT2D eigenvalue weighted by molar-refractivity contribution is -0.143. The highest BCUT2D eigenvalue weighted by molar-refractivity contribution is 5.79. The molecular formula is C20H19FN2O3. The van der Waals surface area contributed by atoms with Crippen molar-refractivity contribution >= 4 is 16.9 Å². The molecule has 1 heterocycles. The van der Waals surface area contributed by atoms with Gasteiger partial charge in [-0.3, -0.25) is 10.1 Å². The molecule has 0 amide bonds. The molecule has 3 aromatic rings. The number of benzene rings is 2. The van der Waals surface area contributed by atoms with E-state index in [0.717, 1.165) is 10.9 Å². The average molecular weight is 354 g/mol. The van der Waals surface area contributed by atoms with Crippen molar-refractivity contribution < 1.29 is 13.9 Å². The van der Waals surface area contributed by atoms with Gasteiger partial charge in [0.05, 0.1) is 7.11 Å². The van der Waals surface area contributed by atoms with E-state index in [0.29, 0.717) is 16.7 Å². The van der Waals surface area contributed by atoms with E-state index < -0.39 is 12.0 Å². The Morgan fingerprint density at radius 3 is 2.73 bits per heavy atom. The third-order valence-electron chi connectivity index (χ3n) is 4.28. The molecule has 6 heteroatoms. The summed E-state index contributed by atoms with van der Waals surface area (Å²) in [4.78, 5) is 27.2. The van der Waals surface area contributed by atoms with Crippen LogP contribution in [0.2, 0.25) is 0 Å². The highest BCUT2D eigenvalue weighted by atomic mass is 19.1. The van der Waals surface area contributed by atoms with Gasteiger partial charge in [0.1, 0.15) is 11.9 Å².